The van der Waals surface area contributed by atoms with Crippen molar-refractivity contribution in [1.82, 2.24) is 29.7 Å². The van der Waals surface area contributed by atoms with Crippen LogP contribution in [0.4, 0.5) is 20.5 Å². The predicted octanol–water partition coefficient (Wildman–Crippen LogP) is 2.52. The summed E-state index contributed by atoms with van der Waals surface area (Å²) in [6.07, 6.45) is 0.270. The molecule has 3 aromatic rings. The van der Waals surface area contributed by atoms with Gasteiger partial charge in [0.05, 0.1) is 11.1 Å². The van der Waals surface area contributed by atoms with Crippen molar-refractivity contribution in [2.75, 3.05) is 36.0 Å². The molecule has 5 rings (SSSR count). The smallest absolute Gasteiger partial charge is 0.258 e. The minimum atomic E-state index is -2.48. The second kappa shape index (κ2) is 6.82. The summed E-state index contributed by atoms with van der Waals surface area (Å²) in [6.45, 7) is 8.79. The molecule has 0 bridgehead atoms. The lowest BCUT2D eigenvalue weighted by Crippen LogP contribution is -2.58. The Labute approximate surface area is 173 Å². The van der Waals surface area contributed by atoms with Gasteiger partial charge in [0.25, 0.3) is 6.43 Å². The van der Waals surface area contributed by atoms with Crippen LogP contribution < -0.4 is 9.80 Å². The standard InChI is InChI=1S/C20H24F2N8/c1-12-6-17(25-14(3)24-12)29-10-20(11-29)4-5-28(9-20)19-23-7-15-13(2)27-30(8-16(21)22)18(15)26-19/h6-7,16H,4-5,8-11H2,1-3H3. The molecule has 3 aromatic heterocycles. The highest BCUT2D eigenvalue weighted by atomic mass is 19.3. The fourth-order valence-corrected chi connectivity index (χ4v) is 4.66. The van der Waals surface area contributed by atoms with Crippen molar-refractivity contribution in [3.63, 3.8) is 0 Å². The topological polar surface area (TPSA) is 75.9 Å². The van der Waals surface area contributed by atoms with E-state index in [1.54, 1.807) is 13.1 Å². The van der Waals surface area contributed by atoms with Gasteiger partial charge in [0.2, 0.25) is 5.95 Å². The lowest BCUT2D eigenvalue weighted by atomic mass is 9.79. The summed E-state index contributed by atoms with van der Waals surface area (Å²) in [5.41, 5.74) is 2.30. The van der Waals surface area contributed by atoms with Gasteiger partial charge in [-0.3, -0.25) is 0 Å². The van der Waals surface area contributed by atoms with E-state index in [4.69, 9.17) is 0 Å². The molecule has 5 heterocycles. The van der Waals surface area contributed by atoms with Crippen molar-refractivity contribution < 1.29 is 8.78 Å². The third-order valence-electron chi connectivity index (χ3n) is 6.02. The summed E-state index contributed by atoms with van der Waals surface area (Å²) in [5, 5.41) is 4.93. The molecule has 2 aliphatic heterocycles. The summed E-state index contributed by atoms with van der Waals surface area (Å²) < 4.78 is 27.1. The Balaban J connectivity index is 1.33. The van der Waals surface area contributed by atoms with Gasteiger partial charge in [0, 0.05) is 49.6 Å². The number of aromatic nitrogens is 6. The van der Waals surface area contributed by atoms with E-state index >= 15 is 0 Å². The van der Waals surface area contributed by atoms with Crippen LogP contribution in [-0.4, -0.2) is 62.3 Å². The highest BCUT2D eigenvalue weighted by Gasteiger charge is 2.48. The molecule has 0 N–H and O–H groups in total. The zero-order chi connectivity index (χ0) is 21.0. The first kappa shape index (κ1) is 19.1. The number of hydrogen-bond donors (Lipinski definition) is 0. The highest BCUT2D eigenvalue weighted by Crippen LogP contribution is 2.42. The third-order valence-corrected chi connectivity index (χ3v) is 6.02. The van der Waals surface area contributed by atoms with Crippen LogP contribution in [0.3, 0.4) is 0 Å². The van der Waals surface area contributed by atoms with E-state index < -0.39 is 13.0 Å². The minimum absolute atomic E-state index is 0.185. The van der Waals surface area contributed by atoms with Crippen LogP contribution in [0.1, 0.15) is 23.6 Å². The third kappa shape index (κ3) is 3.23. The monoisotopic (exact) mass is 414 g/mol. The lowest BCUT2D eigenvalue weighted by molar-refractivity contribution is 0.123. The van der Waals surface area contributed by atoms with Crippen molar-refractivity contribution in [1.29, 1.82) is 0 Å². The number of halogens is 2. The van der Waals surface area contributed by atoms with Crippen LogP contribution >= 0.6 is 0 Å². The van der Waals surface area contributed by atoms with Crippen LogP contribution in [0.15, 0.2) is 12.3 Å². The Kier molecular flexibility index (Phi) is 4.33. The highest BCUT2D eigenvalue weighted by molar-refractivity contribution is 5.78. The van der Waals surface area contributed by atoms with Crippen LogP contribution in [0, 0.1) is 26.2 Å². The molecule has 0 aromatic carbocycles. The quantitative estimate of drug-likeness (QED) is 0.649. The van der Waals surface area contributed by atoms with Gasteiger partial charge in [-0.2, -0.15) is 10.1 Å². The normalized spacial score (nSPS) is 18.1. The van der Waals surface area contributed by atoms with Gasteiger partial charge in [-0.1, -0.05) is 0 Å². The second-order valence-electron chi connectivity index (χ2n) is 8.51. The van der Waals surface area contributed by atoms with Gasteiger partial charge in [0.15, 0.2) is 5.65 Å². The molecule has 2 aliphatic rings. The number of fused-ring (bicyclic) bond motifs is 1. The van der Waals surface area contributed by atoms with E-state index in [0.717, 1.165) is 55.3 Å². The van der Waals surface area contributed by atoms with E-state index in [1.807, 2.05) is 19.9 Å². The van der Waals surface area contributed by atoms with Crippen molar-refractivity contribution in [3.8, 4) is 0 Å². The first-order valence-electron chi connectivity index (χ1n) is 10.1. The molecule has 0 atom stereocenters. The SMILES string of the molecule is Cc1cc(N2CC3(CCN(c4ncc5c(C)nn(CC(F)F)c5n4)C3)C2)nc(C)n1. The summed E-state index contributed by atoms with van der Waals surface area (Å²) in [7, 11) is 0. The Bertz CT molecular complexity index is 1090. The number of anilines is 2. The Morgan fingerprint density at radius 3 is 2.57 bits per heavy atom. The molecule has 0 amide bonds. The summed E-state index contributed by atoms with van der Waals surface area (Å²) in [5.74, 6) is 2.35. The first-order valence-corrected chi connectivity index (χ1v) is 10.1. The van der Waals surface area contributed by atoms with Gasteiger partial charge in [-0.05, 0) is 27.2 Å². The largest absolute Gasteiger partial charge is 0.355 e. The van der Waals surface area contributed by atoms with Gasteiger partial charge in [0.1, 0.15) is 18.2 Å². The number of alkyl halides is 2. The van der Waals surface area contributed by atoms with Crippen LogP contribution in [0.5, 0.6) is 0 Å². The Morgan fingerprint density at radius 1 is 1.07 bits per heavy atom. The molecule has 8 nitrogen and oxygen atoms in total. The van der Waals surface area contributed by atoms with E-state index in [-0.39, 0.29) is 5.41 Å². The summed E-state index contributed by atoms with van der Waals surface area (Å²) in [4.78, 5) is 22.5. The molecule has 2 fully saturated rings. The maximum Gasteiger partial charge on any atom is 0.258 e. The lowest BCUT2D eigenvalue weighted by Gasteiger charge is -2.48. The minimum Gasteiger partial charge on any atom is -0.355 e. The molecule has 0 radical (unpaired) electrons. The van der Waals surface area contributed by atoms with Crippen molar-refractivity contribution in [2.45, 2.75) is 40.2 Å². The maximum absolute atomic E-state index is 12.9. The van der Waals surface area contributed by atoms with E-state index in [2.05, 4.69) is 34.8 Å². The first-order chi connectivity index (χ1) is 14.3. The molecule has 158 valence electrons. The second-order valence-corrected chi connectivity index (χ2v) is 8.51. The number of aryl methyl sites for hydroxylation is 3. The Hall–Kier alpha value is -2.91. The van der Waals surface area contributed by atoms with E-state index in [1.165, 1.54) is 4.68 Å². The molecular formula is C20H24F2N8. The number of hydrogen-bond acceptors (Lipinski definition) is 7. The van der Waals surface area contributed by atoms with Crippen LogP contribution in [0.25, 0.3) is 11.0 Å². The molecule has 0 saturated carbocycles. The molecule has 0 aliphatic carbocycles. The average Bonchev–Trinajstić information content (AvgIpc) is 3.22. The van der Waals surface area contributed by atoms with Gasteiger partial charge >= 0.3 is 0 Å². The van der Waals surface area contributed by atoms with Crippen molar-refractivity contribution in [3.05, 3.63) is 29.5 Å². The van der Waals surface area contributed by atoms with E-state index in [0.29, 0.717) is 17.3 Å². The van der Waals surface area contributed by atoms with Gasteiger partial charge in [-0.15, -0.1) is 0 Å². The Morgan fingerprint density at radius 2 is 1.83 bits per heavy atom. The molecule has 10 heteroatoms. The van der Waals surface area contributed by atoms with Crippen LogP contribution in [-0.2, 0) is 6.54 Å². The number of rotatable bonds is 4. The average molecular weight is 414 g/mol. The van der Waals surface area contributed by atoms with Crippen molar-refractivity contribution in [2.24, 2.45) is 5.41 Å². The number of nitrogens with zero attached hydrogens (tertiary/aromatic N) is 8. The summed E-state index contributed by atoms with van der Waals surface area (Å²) in [6, 6.07) is 2.02. The van der Waals surface area contributed by atoms with Crippen molar-refractivity contribution >= 4 is 22.8 Å². The fraction of sp³-hybridized carbons (Fsp3) is 0.550. The fourth-order valence-electron chi connectivity index (χ4n) is 4.66. The molecular weight excluding hydrogens is 390 g/mol. The zero-order valence-electron chi connectivity index (χ0n) is 17.3. The van der Waals surface area contributed by atoms with Gasteiger partial charge in [-0.25, -0.2) is 28.4 Å². The molecule has 1 spiro atoms. The van der Waals surface area contributed by atoms with Crippen LogP contribution in [0.2, 0.25) is 0 Å². The molecule has 0 unspecified atom stereocenters. The zero-order valence-corrected chi connectivity index (χ0v) is 17.3. The predicted molar refractivity (Wildman–Crippen MR) is 109 cm³/mol. The van der Waals surface area contributed by atoms with E-state index in [9.17, 15) is 8.78 Å². The van der Waals surface area contributed by atoms with Gasteiger partial charge < -0.3 is 9.80 Å². The maximum atomic E-state index is 12.9. The summed E-state index contributed by atoms with van der Waals surface area (Å²) >= 11 is 0. The molecule has 30 heavy (non-hydrogen) atoms. The molecule has 2 saturated heterocycles.